The molecule has 3 amide bonds. The van der Waals surface area contributed by atoms with Crippen molar-refractivity contribution in [3.05, 3.63) is 0 Å². The van der Waals surface area contributed by atoms with Gasteiger partial charge >= 0.3 is 0 Å². The van der Waals surface area contributed by atoms with Crippen LogP contribution in [0.4, 0.5) is 0 Å². The van der Waals surface area contributed by atoms with E-state index in [0.717, 1.165) is 32.5 Å². The lowest BCUT2D eigenvalue weighted by atomic mass is 9.71. The van der Waals surface area contributed by atoms with Crippen LogP contribution in [-0.4, -0.2) is 108 Å². The SMILES string of the molecule is CNC(=O)[C@@H]1[C@H]2C(=O)N([C@@H](CO)C(C)C)C(C(=O)NCCN3CCOCC3)C23CC[C@H]1S3. The van der Waals surface area contributed by atoms with Crippen LogP contribution in [0.25, 0.3) is 0 Å². The molecule has 4 aliphatic rings. The topological polar surface area (TPSA) is 111 Å². The number of carbonyl (C=O) groups is 3. The third-order valence-corrected chi connectivity index (χ3v) is 9.63. The Kier molecular flexibility index (Phi) is 7.05. The zero-order chi connectivity index (χ0) is 23.0. The lowest BCUT2D eigenvalue weighted by molar-refractivity contribution is -0.143. The van der Waals surface area contributed by atoms with E-state index < -0.39 is 28.7 Å². The summed E-state index contributed by atoms with van der Waals surface area (Å²) in [5.41, 5.74) is 0. The minimum absolute atomic E-state index is 0.0107. The third-order valence-electron chi connectivity index (χ3n) is 7.68. The first kappa shape index (κ1) is 23.8. The minimum Gasteiger partial charge on any atom is -0.394 e. The summed E-state index contributed by atoms with van der Waals surface area (Å²) in [6.07, 6.45) is 1.56. The minimum atomic E-state index is -0.672. The maximum absolute atomic E-state index is 13.8. The molecule has 9 nitrogen and oxygen atoms in total. The van der Waals surface area contributed by atoms with Gasteiger partial charge in [0.1, 0.15) is 6.04 Å². The summed E-state index contributed by atoms with van der Waals surface area (Å²) in [4.78, 5) is 44.0. The van der Waals surface area contributed by atoms with Crippen LogP contribution in [0.1, 0.15) is 26.7 Å². The van der Waals surface area contributed by atoms with E-state index in [1.807, 2.05) is 13.8 Å². The number of morpholine rings is 1. The van der Waals surface area contributed by atoms with Crippen LogP contribution in [0.2, 0.25) is 0 Å². The van der Waals surface area contributed by atoms with E-state index in [1.54, 1.807) is 23.7 Å². The third kappa shape index (κ3) is 3.82. The van der Waals surface area contributed by atoms with Gasteiger partial charge < -0.3 is 25.4 Å². The first-order valence-corrected chi connectivity index (χ1v) is 12.6. The van der Waals surface area contributed by atoms with Gasteiger partial charge in [-0.05, 0) is 18.8 Å². The van der Waals surface area contributed by atoms with Crippen LogP contribution < -0.4 is 10.6 Å². The molecule has 0 aromatic heterocycles. The molecular weight excluding hydrogens is 432 g/mol. The fraction of sp³-hybridized carbons (Fsp3) is 0.864. The first-order valence-electron chi connectivity index (χ1n) is 11.8. The Labute approximate surface area is 194 Å². The average molecular weight is 469 g/mol. The molecular formula is C22H36N4O5S. The highest BCUT2D eigenvalue weighted by Gasteiger charge is 2.74. The Balaban J connectivity index is 1.59. The molecule has 4 saturated heterocycles. The number of rotatable bonds is 8. The fourth-order valence-corrected chi connectivity index (χ4v) is 8.30. The molecule has 0 saturated carbocycles. The van der Waals surface area contributed by atoms with Crippen LogP contribution in [0.15, 0.2) is 0 Å². The van der Waals surface area contributed by atoms with Crippen molar-refractivity contribution < 1.29 is 24.2 Å². The van der Waals surface area contributed by atoms with E-state index in [-0.39, 0.29) is 35.5 Å². The van der Waals surface area contributed by atoms with Crippen LogP contribution >= 0.6 is 11.8 Å². The van der Waals surface area contributed by atoms with E-state index in [0.29, 0.717) is 19.8 Å². The van der Waals surface area contributed by atoms with E-state index in [2.05, 4.69) is 15.5 Å². The van der Waals surface area contributed by atoms with Crippen molar-refractivity contribution in [2.45, 2.75) is 48.8 Å². The largest absolute Gasteiger partial charge is 0.394 e. The average Bonchev–Trinajstić information content (AvgIpc) is 3.42. The van der Waals surface area contributed by atoms with Gasteiger partial charge in [0.05, 0.1) is 42.4 Å². The van der Waals surface area contributed by atoms with Crippen LogP contribution in [-0.2, 0) is 19.1 Å². The number of aliphatic hydroxyl groups excluding tert-OH is 1. The number of ether oxygens (including phenoxy) is 1. The highest BCUT2D eigenvalue weighted by atomic mass is 32.2. The zero-order valence-electron chi connectivity index (χ0n) is 19.2. The second kappa shape index (κ2) is 9.48. The van der Waals surface area contributed by atoms with E-state index in [1.165, 1.54) is 0 Å². The second-order valence-electron chi connectivity index (χ2n) is 9.65. The summed E-state index contributed by atoms with van der Waals surface area (Å²) in [7, 11) is 1.60. The molecule has 4 rings (SSSR count). The van der Waals surface area contributed by atoms with E-state index in [4.69, 9.17) is 4.74 Å². The number of amides is 3. The molecule has 1 spiro atoms. The van der Waals surface area contributed by atoms with Crippen molar-refractivity contribution in [1.82, 2.24) is 20.4 Å². The van der Waals surface area contributed by atoms with Crippen LogP contribution in [0, 0.1) is 17.8 Å². The molecule has 32 heavy (non-hydrogen) atoms. The van der Waals surface area contributed by atoms with Crippen LogP contribution in [0.5, 0.6) is 0 Å². The van der Waals surface area contributed by atoms with Crippen molar-refractivity contribution in [1.29, 1.82) is 0 Å². The second-order valence-corrected chi connectivity index (χ2v) is 11.3. The molecule has 3 N–H and O–H groups in total. The summed E-state index contributed by atoms with van der Waals surface area (Å²) in [6, 6.07) is -1.13. The summed E-state index contributed by atoms with van der Waals surface area (Å²) < 4.78 is 4.77. The fourth-order valence-electron chi connectivity index (χ4n) is 6.09. The molecule has 0 aromatic rings. The predicted octanol–water partition coefficient (Wildman–Crippen LogP) is -0.711. The van der Waals surface area contributed by atoms with Crippen molar-refractivity contribution in [2.75, 3.05) is 53.0 Å². The van der Waals surface area contributed by atoms with Crippen molar-refractivity contribution >= 4 is 29.5 Å². The monoisotopic (exact) mass is 468 g/mol. The van der Waals surface area contributed by atoms with E-state index in [9.17, 15) is 19.5 Å². The smallest absolute Gasteiger partial charge is 0.244 e. The van der Waals surface area contributed by atoms with Crippen molar-refractivity contribution in [3.63, 3.8) is 0 Å². The van der Waals surface area contributed by atoms with Gasteiger partial charge in [0, 0.05) is 38.5 Å². The molecule has 0 aliphatic carbocycles. The summed E-state index contributed by atoms with van der Waals surface area (Å²) in [6.45, 7) is 8.03. The molecule has 0 aromatic carbocycles. The quantitative estimate of drug-likeness (QED) is 0.432. The number of fused-ring (bicyclic) bond motifs is 1. The Hall–Kier alpha value is -1.36. The molecule has 180 valence electrons. The van der Waals surface area contributed by atoms with Crippen LogP contribution in [0.3, 0.4) is 0 Å². The molecule has 6 atom stereocenters. The highest BCUT2D eigenvalue weighted by molar-refractivity contribution is 8.02. The number of nitrogens with one attached hydrogen (secondary N) is 2. The molecule has 4 fully saturated rings. The number of nitrogens with zero attached hydrogens (tertiary/aromatic N) is 2. The molecule has 4 heterocycles. The number of carbonyl (C=O) groups excluding carboxylic acids is 3. The Morgan fingerprint density at radius 1 is 1.28 bits per heavy atom. The highest BCUT2D eigenvalue weighted by Crippen LogP contribution is 2.66. The van der Waals surface area contributed by atoms with Gasteiger partial charge in [-0.15, -0.1) is 11.8 Å². The van der Waals surface area contributed by atoms with Gasteiger partial charge in [0.15, 0.2) is 0 Å². The lowest BCUT2D eigenvalue weighted by Crippen LogP contribution is -2.58. The molecule has 0 radical (unpaired) electrons. The van der Waals surface area contributed by atoms with Crippen molar-refractivity contribution in [2.24, 2.45) is 17.8 Å². The lowest BCUT2D eigenvalue weighted by Gasteiger charge is -2.38. The van der Waals surface area contributed by atoms with Gasteiger partial charge in [0.25, 0.3) is 0 Å². The summed E-state index contributed by atoms with van der Waals surface area (Å²) >= 11 is 1.65. The Morgan fingerprint density at radius 3 is 2.62 bits per heavy atom. The molecule has 4 aliphatic heterocycles. The zero-order valence-corrected chi connectivity index (χ0v) is 20.0. The van der Waals surface area contributed by atoms with Gasteiger partial charge in [-0.2, -0.15) is 0 Å². The standard InChI is InChI=1S/C22H36N4O5S/c1-13(2)14(12-27)26-18(20(29)24-6-7-25-8-10-31-11-9-25)22-5-4-15(32-22)16(19(28)23-3)17(22)21(26)30/h13-18,27H,4-12H2,1-3H3,(H,23,28)(H,24,29)/t14-,15+,16-,17-,18?,22?/m0/s1. The van der Waals surface area contributed by atoms with Crippen molar-refractivity contribution in [3.8, 4) is 0 Å². The van der Waals surface area contributed by atoms with Gasteiger partial charge in [-0.1, -0.05) is 13.8 Å². The molecule has 2 bridgehead atoms. The Morgan fingerprint density at radius 2 is 2.00 bits per heavy atom. The van der Waals surface area contributed by atoms with E-state index >= 15 is 0 Å². The van der Waals surface area contributed by atoms with Gasteiger partial charge in [-0.25, -0.2) is 0 Å². The molecule has 10 heteroatoms. The Bertz CT molecular complexity index is 746. The number of hydrogen-bond donors (Lipinski definition) is 3. The molecule has 2 unspecified atom stereocenters. The maximum atomic E-state index is 13.8. The normalized spacial score (nSPS) is 35.3. The summed E-state index contributed by atoms with van der Waals surface area (Å²) in [5, 5.41) is 16.0. The maximum Gasteiger partial charge on any atom is 0.244 e. The predicted molar refractivity (Wildman–Crippen MR) is 121 cm³/mol. The first-order chi connectivity index (χ1) is 15.4. The number of hydrogen-bond acceptors (Lipinski definition) is 7. The number of likely N-dealkylation sites (tertiary alicyclic amines) is 1. The van der Waals surface area contributed by atoms with Gasteiger partial charge in [0.2, 0.25) is 17.7 Å². The summed E-state index contributed by atoms with van der Waals surface area (Å²) in [5.74, 6) is -1.40. The van der Waals surface area contributed by atoms with Gasteiger partial charge in [-0.3, -0.25) is 19.3 Å². The number of aliphatic hydroxyl groups is 1. The number of thioether (sulfide) groups is 1.